The van der Waals surface area contributed by atoms with Crippen molar-refractivity contribution in [1.82, 2.24) is 50.8 Å². The Bertz CT molecular complexity index is 2020. The lowest BCUT2D eigenvalue weighted by molar-refractivity contribution is 0.298. The summed E-state index contributed by atoms with van der Waals surface area (Å²) in [7, 11) is 0. The molecular formula is C31H25ClN10O. The van der Waals surface area contributed by atoms with E-state index >= 15 is 0 Å². The number of fused-ring (bicyclic) bond motifs is 2. The zero-order valence-corrected chi connectivity index (χ0v) is 23.6. The fourth-order valence-electron chi connectivity index (χ4n) is 5.22. The van der Waals surface area contributed by atoms with Crippen LogP contribution in [-0.2, 0) is 13.0 Å². The molecule has 0 radical (unpaired) electrons. The number of H-pyrrole nitrogens is 2. The molecule has 0 spiro atoms. The van der Waals surface area contributed by atoms with Crippen molar-refractivity contribution < 1.29 is 4.74 Å². The number of rotatable bonds is 10. The van der Waals surface area contributed by atoms with Crippen molar-refractivity contribution in [2.45, 2.75) is 25.5 Å². The first-order valence-electron chi connectivity index (χ1n) is 13.7. The van der Waals surface area contributed by atoms with Crippen LogP contribution in [0.2, 0.25) is 5.02 Å². The lowest BCUT2D eigenvalue weighted by atomic mass is 9.98. The topological polar surface area (TPSA) is 136 Å². The van der Waals surface area contributed by atoms with Crippen molar-refractivity contribution in [3.8, 4) is 5.75 Å². The monoisotopic (exact) mass is 588 g/mol. The number of ether oxygens (including phenoxy) is 1. The van der Waals surface area contributed by atoms with Gasteiger partial charge in [-0.25, -0.2) is 4.98 Å². The predicted molar refractivity (Wildman–Crippen MR) is 163 cm³/mol. The molecule has 0 bridgehead atoms. The number of aryl methyl sites for hydroxylation is 1. The number of hydrogen-bond acceptors (Lipinski definition) is 8. The molecule has 12 heteroatoms. The quantitative estimate of drug-likeness (QED) is 0.203. The van der Waals surface area contributed by atoms with Crippen LogP contribution in [0.25, 0.3) is 34.0 Å². The van der Waals surface area contributed by atoms with Crippen LogP contribution in [-0.4, -0.2) is 50.8 Å². The number of aromatic amines is 2. The largest absolute Gasteiger partial charge is 0.483 e. The van der Waals surface area contributed by atoms with E-state index in [0.29, 0.717) is 23.1 Å². The van der Waals surface area contributed by atoms with E-state index in [2.05, 4.69) is 101 Å². The molecule has 4 aromatic heterocycles. The fraction of sp³-hybridized carbons (Fsp3) is 0.129. The minimum absolute atomic E-state index is 0.0415. The van der Waals surface area contributed by atoms with Crippen molar-refractivity contribution in [3.05, 3.63) is 119 Å². The Kier molecular flexibility index (Phi) is 7.28. The average molecular weight is 589 g/mol. The molecule has 212 valence electrons. The van der Waals surface area contributed by atoms with E-state index in [-0.39, 0.29) is 12.6 Å². The van der Waals surface area contributed by atoms with Gasteiger partial charge in [0, 0.05) is 28.4 Å². The van der Waals surface area contributed by atoms with E-state index in [1.807, 2.05) is 42.5 Å². The summed E-state index contributed by atoms with van der Waals surface area (Å²) >= 11 is 6.19. The van der Waals surface area contributed by atoms with Crippen LogP contribution in [0.5, 0.6) is 5.75 Å². The molecule has 0 aliphatic rings. The second kappa shape index (κ2) is 11.8. The first kappa shape index (κ1) is 26.5. The maximum Gasteiger partial charge on any atom is 0.211 e. The molecule has 43 heavy (non-hydrogen) atoms. The van der Waals surface area contributed by atoms with E-state index < -0.39 is 0 Å². The van der Waals surface area contributed by atoms with Gasteiger partial charge >= 0.3 is 0 Å². The summed E-state index contributed by atoms with van der Waals surface area (Å²) in [6, 6.07) is 26.4. The highest BCUT2D eigenvalue weighted by Gasteiger charge is 2.20. The third-order valence-corrected chi connectivity index (χ3v) is 7.47. The molecule has 7 aromatic rings. The lowest BCUT2D eigenvalue weighted by Crippen LogP contribution is -2.12. The first-order valence-corrected chi connectivity index (χ1v) is 14.1. The van der Waals surface area contributed by atoms with Crippen molar-refractivity contribution in [2.24, 2.45) is 0 Å². The van der Waals surface area contributed by atoms with Crippen LogP contribution < -0.4 is 4.74 Å². The second-order valence-electron chi connectivity index (χ2n) is 9.99. The SMILES string of the molecule is Clc1ccc2ccc(/C=C/c3cccc(C(CCc4nn[nH]n4)n4ccc5cccc(OCc6nn[nH]n6)c54)c3)nc2c1. The Morgan fingerprint density at radius 1 is 0.837 bits per heavy atom. The maximum absolute atomic E-state index is 6.19. The molecule has 11 nitrogen and oxygen atoms in total. The third kappa shape index (κ3) is 5.84. The van der Waals surface area contributed by atoms with Gasteiger partial charge in [0.2, 0.25) is 5.82 Å². The number of benzene rings is 3. The molecule has 1 atom stereocenters. The Balaban J connectivity index is 1.23. The lowest BCUT2D eigenvalue weighted by Gasteiger charge is -2.22. The van der Waals surface area contributed by atoms with Crippen molar-refractivity contribution in [2.75, 3.05) is 0 Å². The van der Waals surface area contributed by atoms with Crippen LogP contribution in [0, 0.1) is 0 Å². The van der Waals surface area contributed by atoms with Crippen LogP contribution in [0.1, 0.15) is 40.9 Å². The standard InChI is InChI=1S/C31H25ClN10O/c32-24-10-8-21-9-12-25(33-26(21)18-24)11-7-20-3-1-5-23(17-20)27(13-14-29-34-38-39-35-29)42-16-15-22-4-2-6-28(31(22)42)43-19-30-36-40-41-37-30/h1-12,15-18,27H,13-14,19H2,(H,34,35,38,39)(H,36,37,40,41)/b11-7+. The summed E-state index contributed by atoms with van der Waals surface area (Å²) in [6.07, 6.45) is 7.56. The number of aromatic nitrogens is 10. The molecule has 4 heterocycles. The molecule has 1 unspecified atom stereocenters. The molecule has 0 fully saturated rings. The fourth-order valence-corrected chi connectivity index (χ4v) is 5.38. The van der Waals surface area contributed by atoms with E-state index in [4.69, 9.17) is 21.3 Å². The van der Waals surface area contributed by atoms with Crippen LogP contribution in [0.4, 0.5) is 0 Å². The van der Waals surface area contributed by atoms with Gasteiger partial charge in [0.25, 0.3) is 0 Å². The summed E-state index contributed by atoms with van der Waals surface area (Å²) in [5, 5.41) is 31.5. The summed E-state index contributed by atoms with van der Waals surface area (Å²) < 4.78 is 8.42. The van der Waals surface area contributed by atoms with Crippen LogP contribution >= 0.6 is 11.6 Å². The highest BCUT2D eigenvalue weighted by molar-refractivity contribution is 6.31. The number of nitrogens with one attached hydrogen (secondary N) is 2. The molecule has 0 aliphatic carbocycles. The molecule has 0 saturated carbocycles. The van der Waals surface area contributed by atoms with Crippen LogP contribution in [0.15, 0.2) is 85.1 Å². The summed E-state index contributed by atoms with van der Waals surface area (Å²) in [6.45, 7) is 0.198. The third-order valence-electron chi connectivity index (χ3n) is 7.23. The first-order chi connectivity index (χ1) is 21.2. The normalized spacial score (nSPS) is 12.4. The zero-order valence-electron chi connectivity index (χ0n) is 22.8. The molecular weight excluding hydrogens is 564 g/mol. The van der Waals surface area contributed by atoms with Gasteiger partial charge in [0.1, 0.15) is 5.75 Å². The van der Waals surface area contributed by atoms with Gasteiger partial charge in [-0.1, -0.05) is 70.6 Å². The van der Waals surface area contributed by atoms with Crippen molar-refractivity contribution >= 4 is 45.6 Å². The molecule has 0 saturated heterocycles. The number of nitrogens with zero attached hydrogens (tertiary/aromatic N) is 8. The number of halogens is 1. The zero-order chi connectivity index (χ0) is 29.0. The van der Waals surface area contributed by atoms with Gasteiger partial charge < -0.3 is 9.30 Å². The summed E-state index contributed by atoms with van der Waals surface area (Å²) in [4.78, 5) is 4.76. The molecule has 2 N–H and O–H groups in total. The number of para-hydroxylation sites is 1. The Morgan fingerprint density at radius 3 is 2.53 bits per heavy atom. The molecule has 3 aromatic carbocycles. The van der Waals surface area contributed by atoms with E-state index in [0.717, 1.165) is 50.8 Å². The van der Waals surface area contributed by atoms with Gasteiger partial charge in [0.15, 0.2) is 12.4 Å². The van der Waals surface area contributed by atoms with E-state index in [1.54, 1.807) is 0 Å². The minimum atomic E-state index is -0.0415. The number of tetrazole rings is 2. The summed E-state index contributed by atoms with van der Waals surface area (Å²) in [5.41, 5.74) is 4.88. The van der Waals surface area contributed by atoms with Gasteiger partial charge in [0.05, 0.1) is 22.8 Å². The maximum atomic E-state index is 6.19. The Morgan fingerprint density at radius 2 is 1.67 bits per heavy atom. The van der Waals surface area contributed by atoms with Gasteiger partial charge in [-0.15, -0.1) is 20.4 Å². The minimum Gasteiger partial charge on any atom is -0.483 e. The Labute approximate surface area is 250 Å². The molecule has 0 aliphatic heterocycles. The van der Waals surface area contributed by atoms with Gasteiger partial charge in [-0.3, -0.25) is 0 Å². The number of hydrogen-bond donors (Lipinski definition) is 2. The predicted octanol–water partition coefficient (Wildman–Crippen LogP) is 5.84. The molecule has 0 amide bonds. The van der Waals surface area contributed by atoms with E-state index in [1.165, 1.54) is 0 Å². The smallest absolute Gasteiger partial charge is 0.211 e. The highest BCUT2D eigenvalue weighted by Crippen LogP contribution is 2.34. The van der Waals surface area contributed by atoms with Gasteiger partial charge in [-0.05, 0) is 60.0 Å². The van der Waals surface area contributed by atoms with Crippen LogP contribution in [0.3, 0.4) is 0 Å². The van der Waals surface area contributed by atoms with Crippen molar-refractivity contribution in [3.63, 3.8) is 0 Å². The Hall–Kier alpha value is -5.42. The van der Waals surface area contributed by atoms with Crippen molar-refractivity contribution in [1.29, 1.82) is 0 Å². The average Bonchev–Trinajstić information content (AvgIpc) is 3.83. The second-order valence-corrected chi connectivity index (χ2v) is 10.4. The van der Waals surface area contributed by atoms with Gasteiger partial charge in [-0.2, -0.15) is 10.4 Å². The van der Waals surface area contributed by atoms with E-state index in [9.17, 15) is 0 Å². The summed E-state index contributed by atoms with van der Waals surface area (Å²) in [5.74, 6) is 1.87. The number of pyridine rings is 1. The highest BCUT2D eigenvalue weighted by atomic mass is 35.5. The molecule has 7 rings (SSSR count).